The Morgan fingerprint density at radius 2 is 2.00 bits per heavy atom. The minimum atomic E-state index is -0.452. The molecule has 0 saturated carbocycles. The number of rotatable bonds is 3. The van der Waals surface area contributed by atoms with Crippen molar-refractivity contribution in [3.05, 3.63) is 70.5 Å². The number of aryl methyl sites for hydroxylation is 1. The van der Waals surface area contributed by atoms with Crippen LogP contribution in [0.2, 0.25) is 0 Å². The molecule has 2 aliphatic heterocycles. The quantitative estimate of drug-likeness (QED) is 0.817. The van der Waals surface area contributed by atoms with E-state index in [1.54, 1.807) is 24.0 Å². The van der Waals surface area contributed by atoms with Crippen molar-refractivity contribution in [3.8, 4) is 0 Å². The van der Waals surface area contributed by atoms with Gasteiger partial charge in [0.1, 0.15) is 11.9 Å². The van der Waals surface area contributed by atoms with E-state index in [-0.39, 0.29) is 23.7 Å². The van der Waals surface area contributed by atoms with Gasteiger partial charge in [-0.2, -0.15) is 0 Å². The Hall–Kier alpha value is -2.69. The second-order valence-electron chi connectivity index (χ2n) is 7.88. The fourth-order valence-corrected chi connectivity index (χ4v) is 4.34. The number of carbonyl (C=O) groups is 2. The topological polar surface area (TPSA) is 40.6 Å². The molecule has 2 heterocycles. The molecule has 146 valence electrons. The van der Waals surface area contributed by atoms with Gasteiger partial charge in [0.05, 0.1) is 0 Å². The standard InChI is InChI=1S/C23H25FN2O2/c1-15-9-10-17(13-21(15)24)12-18-6-3-4-8-20(18)23(28)26-14-19-7-5-11-25(19)22(27)16(26)2/h3-4,6,8-10,13,16,19H,5,7,11-12,14H2,1-2H3/t16-,19-/m0/s1. The first-order valence-corrected chi connectivity index (χ1v) is 9.90. The van der Waals surface area contributed by atoms with E-state index in [0.29, 0.717) is 24.1 Å². The molecule has 0 radical (unpaired) electrons. The van der Waals surface area contributed by atoms with Crippen molar-refractivity contribution < 1.29 is 14.0 Å². The number of carbonyl (C=O) groups excluding carboxylic acids is 2. The molecule has 28 heavy (non-hydrogen) atoms. The maximum Gasteiger partial charge on any atom is 0.254 e. The van der Waals surface area contributed by atoms with E-state index in [9.17, 15) is 14.0 Å². The van der Waals surface area contributed by atoms with E-state index < -0.39 is 6.04 Å². The van der Waals surface area contributed by atoms with E-state index in [4.69, 9.17) is 0 Å². The van der Waals surface area contributed by atoms with E-state index in [2.05, 4.69) is 0 Å². The zero-order valence-electron chi connectivity index (χ0n) is 16.3. The van der Waals surface area contributed by atoms with Gasteiger partial charge in [0.25, 0.3) is 5.91 Å². The van der Waals surface area contributed by atoms with Gasteiger partial charge in [0.15, 0.2) is 0 Å². The Balaban J connectivity index is 1.61. The number of nitrogens with zero attached hydrogens (tertiary/aromatic N) is 2. The fraction of sp³-hybridized carbons (Fsp3) is 0.391. The van der Waals surface area contributed by atoms with Crippen molar-refractivity contribution in [1.29, 1.82) is 0 Å². The van der Waals surface area contributed by atoms with E-state index in [0.717, 1.165) is 30.5 Å². The van der Waals surface area contributed by atoms with Crippen LogP contribution in [0.5, 0.6) is 0 Å². The first-order valence-electron chi connectivity index (χ1n) is 9.90. The summed E-state index contributed by atoms with van der Waals surface area (Å²) in [5.41, 5.74) is 2.88. The van der Waals surface area contributed by atoms with Gasteiger partial charge in [0, 0.05) is 24.7 Å². The minimum Gasteiger partial charge on any atom is -0.336 e. The van der Waals surface area contributed by atoms with Crippen LogP contribution in [0.1, 0.15) is 46.8 Å². The monoisotopic (exact) mass is 380 g/mol. The third-order valence-corrected chi connectivity index (χ3v) is 6.03. The fourth-order valence-electron chi connectivity index (χ4n) is 4.34. The third-order valence-electron chi connectivity index (χ3n) is 6.03. The summed E-state index contributed by atoms with van der Waals surface area (Å²) >= 11 is 0. The number of piperazine rings is 1. The Labute approximate surface area is 164 Å². The van der Waals surface area contributed by atoms with E-state index in [1.807, 2.05) is 36.1 Å². The molecule has 0 spiro atoms. The summed E-state index contributed by atoms with van der Waals surface area (Å²) in [5, 5.41) is 0. The van der Waals surface area contributed by atoms with Gasteiger partial charge < -0.3 is 9.80 Å². The molecule has 0 aliphatic carbocycles. The maximum atomic E-state index is 13.9. The number of fused-ring (bicyclic) bond motifs is 1. The highest BCUT2D eigenvalue weighted by Crippen LogP contribution is 2.28. The Morgan fingerprint density at radius 1 is 1.21 bits per heavy atom. The van der Waals surface area contributed by atoms with Gasteiger partial charge in [-0.3, -0.25) is 9.59 Å². The average molecular weight is 380 g/mol. The van der Waals surface area contributed by atoms with Crippen LogP contribution in [0.15, 0.2) is 42.5 Å². The molecule has 0 bridgehead atoms. The molecular formula is C23H25FN2O2. The van der Waals surface area contributed by atoms with E-state index in [1.165, 1.54) is 6.07 Å². The number of amides is 2. The van der Waals surface area contributed by atoms with Gasteiger partial charge >= 0.3 is 0 Å². The van der Waals surface area contributed by atoms with Crippen LogP contribution in [-0.4, -0.2) is 46.8 Å². The third kappa shape index (κ3) is 3.30. The lowest BCUT2D eigenvalue weighted by molar-refractivity contribution is -0.141. The zero-order chi connectivity index (χ0) is 19.8. The van der Waals surface area contributed by atoms with Crippen LogP contribution in [0, 0.1) is 12.7 Å². The molecule has 2 aromatic carbocycles. The Morgan fingerprint density at radius 3 is 2.79 bits per heavy atom. The molecule has 0 N–H and O–H groups in total. The molecule has 2 saturated heterocycles. The number of benzene rings is 2. The normalized spacial score (nSPS) is 21.8. The molecule has 2 aliphatic rings. The number of halogens is 1. The van der Waals surface area contributed by atoms with Crippen LogP contribution in [0.4, 0.5) is 4.39 Å². The predicted octanol–water partition coefficient (Wildman–Crippen LogP) is 3.56. The smallest absolute Gasteiger partial charge is 0.254 e. The lowest BCUT2D eigenvalue weighted by Crippen LogP contribution is -2.60. The molecule has 2 amide bonds. The van der Waals surface area contributed by atoms with Gasteiger partial charge in [-0.05, 0) is 61.9 Å². The first-order chi connectivity index (χ1) is 13.5. The summed E-state index contributed by atoms with van der Waals surface area (Å²) in [6.07, 6.45) is 2.43. The molecule has 0 unspecified atom stereocenters. The van der Waals surface area contributed by atoms with Gasteiger partial charge in [-0.1, -0.05) is 30.3 Å². The zero-order valence-corrected chi connectivity index (χ0v) is 16.3. The van der Waals surface area contributed by atoms with Crippen molar-refractivity contribution in [2.75, 3.05) is 13.1 Å². The maximum absolute atomic E-state index is 13.9. The summed E-state index contributed by atoms with van der Waals surface area (Å²) in [4.78, 5) is 29.7. The van der Waals surface area contributed by atoms with Gasteiger partial charge in [-0.25, -0.2) is 4.39 Å². The highest BCUT2D eigenvalue weighted by molar-refractivity contribution is 5.99. The molecule has 2 fully saturated rings. The lowest BCUT2D eigenvalue weighted by Gasteiger charge is -2.41. The summed E-state index contributed by atoms with van der Waals surface area (Å²) in [7, 11) is 0. The molecule has 2 aromatic rings. The Kier molecular flexibility index (Phi) is 4.92. The molecule has 4 rings (SSSR count). The summed E-state index contributed by atoms with van der Waals surface area (Å²) in [5.74, 6) is -0.311. The second kappa shape index (κ2) is 7.38. The molecular weight excluding hydrogens is 355 g/mol. The minimum absolute atomic E-state index is 0.0418. The first kappa shape index (κ1) is 18.7. The second-order valence-corrected chi connectivity index (χ2v) is 7.88. The van der Waals surface area contributed by atoms with Crippen LogP contribution in [-0.2, 0) is 11.2 Å². The molecule has 4 nitrogen and oxygen atoms in total. The summed E-state index contributed by atoms with van der Waals surface area (Å²) in [6, 6.07) is 12.3. The molecule has 5 heteroatoms. The van der Waals surface area contributed by atoms with Crippen molar-refractivity contribution >= 4 is 11.8 Å². The average Bonchev–Trinajstić information content (AvgIpc) is 3.16. The van der Waals surface area contributed by atoms with Crippen LogP contribution in [0.25, 0.3) is 0 Å². The van der Waals surface area contributed by atoms with Crippen molar-refractivity contribution in [3.63, 3.8) is 0 Å². The predicted molar refractivity (Wildman–Crippen MR) is 106 cm³/mol. The SMILES string of the molecule is Cc1ccc(Cc2ccccc2C(=O)N2C[C@@H]3CCCN3C(=O)[C@@H]2C)cc1F. The summed E-state index contributed by atoms with van der Waals surface area (Å²) in [6.45, 7) is 4.93. The lowest BCUT2D eigenvalue weighted by atomic mass is 9.97. The molecule has 0 aromatic heterocycles. The highest BCUT2D eigenvalue weighted by Gasteiger charge is 2.42. The van der Waals surface area contributed by atoms with Crippen molar-refractivity contribution in [1.82, 2.24) is 9.80 Å². The van der Waals surface area contributed by atoms with Gasteiger partial charge in [0.2, 0.25) is 5.91 Å². The van der Waals surface area contributed by atoms with Crippen molar-refractivity contribution in [2.45, 2.75) is 45.2 Å². The van der Waals surface area contributed by atoms with E-state index >= 15 is 0 Å². The van der Waals surface area contributed by atoms with Crippen LogP contribution < -0.4 is 0 Å². The molecule has 2 atom stereocenters. The van der Waals surface area contributed by atoms with Crippen molar-refractivity contribution in [2.24, 2.45) is 0 Å². The summed E-state index contributed by atoms with van der Waals surface area (Å²) < 4.78 is 13.9. The number of hydrogen-bond acceptors (Lipinski definition) is 2. The highest BCUT2D eigenvalue weighted by atomic mass is 19.1. The van der Waals surface area contributed by atoms with Crippen LogP contribution >= 0.6 is 0 Å². The van der Waals surface area contributed by atoms with Crippen LogP contribution in [0.3, 0.4) is 0 Å². The number of hydrogen-bond donors (Lipinski definition) is 0. The Bertz CT molecular complexity index is 927. The largest absolute Gasteiger partial charge is 0.336 e. The van der Waals surface area contributed by atoms with Gasteiger partial charge in [-0.15, -0.1) is 0 Å².